The van der Waals surface area contributed by atoms with Crippen LogP contribution in [0.2, 0.25) is 0 Å². The molecule has 1 N–H and O–H groups in total. The highest BCUT2D eigenvalue weighted by molar-refractivity contribution is 6.01. The van der Waals surface area contributed by atoms with E-state index in [-0.39, 0.29) is 36.6 Å². The van der Waals surface area contributed by atoms with Crippen LogP contribution in [0.25, 0.3) is 0 Å². The number of aryl methyl sites for hydroxylation is 1. The predicted octanol–water partition coefficient (Wildman–Crippen LogP) is 4.60. The van der Waals surface area contributed by atoms with Gasteiger partial charge >= 0.3 is 0 Å². The molecule has 4 heterocycles. The normalized spacial score (nSPS) is 13.4. The van der Waals surface area contributed by atoms with E-state index in [1.54, 1.807) is 17.2 Å². The standard InChI is InChI=1S/C26H22FN5O4/c1-15-9-17(11-30-25(15)36-19-5-3-18(27)4-6-19)16(2)32-13-22-21(26(32)34)7-8-29-24(22)31-23(33)10-20-12-28-14-35-20/h3-9,11-12,14,16H,10,13H2,1-2H3,(H,29,31,33). The third-order valence-corrected chi connectivity index (χ3v) is 5.98. The summed E-state index contributed by atoms with van der Waals surface area (Å²) in [5.41, 5.74) is 2.74. The Labute approximate surface area is 206 Å². The van der Waals surface area contributed by atoms with Gasteiger partial charge in [0.25, 0.3) is 5.91 Å². The van der Waals surface area contributed by atoms with E-state index in [1.165, 1.54) is 43.1 Å². The highest BCUT2D eigenvalue weighted by Gasteiger charge is 2.34. The van der Waals surface area contributed by atoms with Gasteiger partial charge in [-0.1, -0.05) is 0 Å². The molecule has 0 radical (unpaired) electrons. The van der Waals surface area contributed by atoms with Gasteiger partial charge in [-0.3, -0.25) is 9.59 Å². The first-order valence-electron chi connectivity index (χ1n) is 11.2. The van der Waals surface area contributed by atoms with Gasteiger partial charge < -0.3 is 19.4 Å². The Kier molecular flexibility index (Phi) is 6.16. The Balaban J connectivity index is 1.31. The zero-order chi connectivity index (χ0) is 25.2. The molecule has 1 atom stereocenters. The summed E-state index contributed by atoms with van der Waals surface area (Å²) in [6.07, 6.45) is 5.91. The summed E-state index contributed by atoms with van der Waals surface area (Å²) in [6, 6.07) is 8.96. The quantitative estimate of drug-likeness (QED) is 0.406. The molecule has 0 bridgehead atoms. The molecule has 3 aromatic heterocycles. The number of fused-ring (bicyclic) bond motifs is 1. The first-order chi connectivity index (χ1) is 17.4. The lowest BCUT2D eigenvalue weighted by atomic mass is 10.1. The number of oxazole rings is 1. The van der Waals surface area contributed by atoms with Gasteiger partial charge in [-0.2, -0.15) is 0 Å². The molecular weight excluding hydrogens is 465 g/mol. The third kappa shape index (κ3) is 4.65. The van der Waals surface area contributed by atoms with Gasteiger partial charge in [0.2, 0.25) is 11.8 Å². The van der Waals surface area contributed by atoms with Crippen LogP contribution in [0.4, 0.5) is 10.2 Å². The number of amides is 2. The van der Waals surface area contributed by atoms with Crippen LogP contribution in [-0.4, -0.2) is 31.7 Å². The molecule has 0 spiro atoms. The summed E-state index contributed by atoms with van der Waals surface area (Å²) < 4.78 is 24.0. The molecule has 1 unspecified atom stereocenters. The van der Waals surface area contributed by atoms with Crippen molar-refractivity contribution in [1.29, 1.82) is 0 Å². The summed E-state index contributed by atoms with van der Waals surface area (Å²) in [7, 11) is 0. The van der Waals surface area contributed by atoms with Crippen LogP contribution >= 0.6 is 0 Å². The van der Waals surface area contributed by atoms with E-state index in [0.717, 1.165) is 11.1 Å². The fourth-order valence-corrected chi connectivity index (χ4v) is 4.05. The lowest BCUT2D eigenvalue weighted by Gasteiger charge is -2.25. The zero-order valence-electron chi connectivity index (χ0n) is 19.6. The maximum atomic E-state index is 13.2. The van der Waals surface area contributed by atoms with Gasteiger partial charge in [0.1, 0.15) is 23.1 Å². The lowest BCUT2D eigenvalue weighted by molar-refractivity contribution is -0.115. The van der Waals surface area contributed by atoms with Crippen molar-refractivity contribution in [3.05, 3.63) is 95.2 Å². The van der Waals surface area contributed by atoms with E-state index in [4.69, 9.17) is 9.15 Å². The number of nitrogens with zero attached hydrogens (tertiary/aromatic N) is 4. The second-order valence-corrected chi connectivity index (χ2v) is 8.43. The molecule has 182 valence electrons. The number of nitrogens with one attached hydrogen (secondary N) is 1. The number of carbonyl (C=O) groups excluding carboxylic acids is 2. The molecule has 0 saturated carbocycles. The summed E-state index contributed by atoms with van der Waals surface area (Å²) in [6.45, 7) is 4.05. The van der Waals surface area contributed by atoms with E-state index < -0.39 is 0 Å². The number of aromatic nitrogens is 3. The fraction of sp³-hybridized carbons (Fsp3) is 0.192. The zero-order valence-corrected chi connectivity index (χ0v) is 19.6. The SMILES string of the molecule is Cc1cc(C(C)N2Cc3c(ccnc3NC(=O)Cc3cnco3)C2=O)cnc1Oc1ccc(F)cc1. The molecule has 0 aliphatic carbocycles. The van der Waals surface area contributed by atoms with Crippen molar-refractivity contribution in [2.45, 2.75) is 32.9 Å². The van der Waals surface area contributed by atoms with Crippen LogP contribution in [0.5, 0.6) is 11.6 Å². The van der Waals surface area contributed by atoms with Crippen LogP contribution in [-0.2, 0) is 17.8 Å². The third-order valence-electron chi connectivity index (χ3n) is 5.98. The van der Waals surface area contributed by atoms with Gasteiger partial charge in [0.05, 0.1) is 25.2 Å². The number of hydrogen-bond acceptors (Lipinski definition) is 7. The predicted molar refractivity (Wildman–Crippen MR) is 127 cm³/mol. The number of pyridine rings is 2. The van der Waals surface area contributed by atoms with Gasteiger partial charge in [0, 0.05) is 29.1 Å². The molecule has 5 rings (SSSR count). The Morgan fingerprint density at radius 1 is 1.22 bits per heavy atom. The van der Waals surface area contributed by atoms with Crippen molar-refractivity contribution in [3.63, 3.8) is 0 Å². The molecule has 4 aromatic rings. The highest BCUT2D eigenvalue weighted by atomic mass is 19.1. The highest BCUT2D eigenvalue weighted by Crippen LogP contribution is 2.35. The summed E-state index contributed by atoms with van der Waals surface area (Å²) in [4.78, 5) is 39.9. The van der Waals surface area contributed by atoms with Crippen molar-refractivity contribution in [3.8, 4) is 11.6 Å². The molecule has 1 aliphatic rings. The van der Waals surface area contributed by atoms with E-state index in [0.29, 0.717) is 34.3 Å². The Morgan fingerprint density at radius 3 is 2.75 bits per heavy atom. The first kappa shape index (κ1) is 23.2. The summed E-state index contributed by atoms with van der Waals surface area (Å²) in [5.74, 6) is 0.828. The Hall–Kier alpha value is -4.60. The number of hydrogen-bond donors (Lipinski definition) is 1. The smallest absolute Gasteiger partial charge is 0.255 e. The van der Waals surface area contributed by atoms with Crippen LogP contribution in [0.1, 0.15) is 45.8 Å². The molecule has 10 heteroatoms. The molecule has 36 heavy (non-hydrogen) atoms. The van der Waals surface area contributed by atoms with E-state index in [1.807, 2.05) is 19.9 Å². The molecular formula is C26H22FN5O4. The van der Waals surface area contributed by atoms with Gasteiger partial charge in [-0.05, 0) is 55.8 Å². The molecule has 0 fully saturated rings. The van der Waals surface area contributed by atoms with Gasteiger partial charge in [-0.15, -0.1) is 0 Å². The van der Waals surface area contributed by atoms with Crippen LogP contribution < -0.4 is 10.1 Å². The van der Waals surface area contributed by atoms with Gasteiger partial charge in [0.15, 0.2) is 6.39 Å². The van der Waals surface area contributed by atoms with Gasteiger partial charge in [-0.25, -0.2) is 19.3 Å². The summed E-state index contributed by atoms with van der Waals surface area (Å²) >= 11 is 0. The van der Waals surface area contributed by atoms with E-state index in [2.05, 4.69) is 20.3 Å². The number of anilines is 1. The minimum atomic E-state index is -0.347. The minimum Gasteiger partial charge on any atom is -0.448 e. The molecule has 0 saturated heterocycles. The molecule has 1 aliphatic heterocycles. The number of carbonyl (C=O) groups is 2. The average molecular weight is 487 g/mol. The molecule has 9 nitrogen and oxygen atoms in total. The van der Waals surface area contributed by atoms with Crippen molar-refractivity contribution >= 4 is 17.6 Å². The first-order valence-corrected chi connectivity index (χ1v) is 11.2. The van der Waals surface area contributed by atoms with Crippen LogP contribution in [0.3, 0.4) is 0 Å². The monoisotopic (exact) mass is 487 g/mol. The number of rotatable bonds is 7. The largest absolute Gasteiger partial charge is 0.448 e. The number of ether oxygens (including phenoxy) is 1. The minimum absolute atomic E-state index is 0.0106. The average Bonchev–Trinajstić information content (AvgIpc) is 3.49. The van der Waals surface area contributed by atoms with E-state index in [9.17, 15) is 14.0 Å². The number of benzene rings is 1. The van der Waals surface area contributed by atoms with Crippen molar-refractivity contribution in [1.82, 2.24) is 19.9 Å². The van der Waals surface area contributed by atoms with Crippen LogP contribution in [0, 0.1) is 12.7 Å². The maximum absolute atomic E-state index is 13.2. The topological polar surface area (TPSA) is 110 Å². The second kappa shape index (κ2) is 9.57. The van der Waals surface area contributed by atoms with E-state index >= 15 is 0 Å². The maximum Gasteiger partial charge on any atom is 0.255 e. The van der Waals surface area contributed by atoms with Crippen molar-refractivity contribution < 1.29 is 23.1 Å². The molecule has 2 amide bonds. The lowest BCUT2D eigenvalue weighted by Crippen LogP contribution is -2.27. The second-order valence-electron chi connectivity index (χ2n) is 8.43. The van der Waals surface area contributed by atoms with Crippen LogP contribution in [0.15, 0.2) is 65.8 Å². The summed E-state index contributed by atoms with van der Waals surface area (Å²) in [5, 5.41) is 2.77. The molecule has 1 aromatic carbocycles. The Morgan fingerprint density at radius 2 is 2.03 bits per heavy atom. The fourth-order valence-electron chi connectivity index (χ4n) is 4.05. The Bertz CT molecular complexity index is 1420. The number of halogens is 1. The van der Waals surface area contributed by atoms with Crippen molar-refractivity contribution in [2.24, 2.45) is 0 Å². The van der Waals surface area contributed by atoms with Crippen molar-refractivity contribution in [2.75, 3.05) is 5.32 Å².